The van der Waals surface area contributed by atoms with E-state index in [-0.39, 0.29) is 5.91 Å². The molecule has 0 radical (unpaired) electrons. The van der Waals surface area contributed by atoms with Crippen LogP contribution in [-0.4, -0.2) is 16.7 Å². The van der Waals surface area contributed by atoms with Crippen molar-refractivity contribution in [1.29, 1.82) is 0 Å². The number of aryl methyl sites for hydroxylation is 2. The lowest BCUT2D eigenvalue weighted by atomic mass is 10.1. The number of fused-ring (bicyclic) bond motifs is 1. The molecule has 0 aliphatic carbocycles. The van der Waals surface area contributed by atoms with Gasteiger partial charge in [0.15, 0.2) is 0 Å². The second kappa shape index (κ2) is 6.71. The minimum atomic E-state index is -0.118. The second-order valence-corrected chi connectivity index (χ2v) is 6.03. The van der Waals surface area contributed by atoms with Gasteiger partial charge in [-0.05, 0) is 25.5 Å². The largest absolute Gasteiger partial charge is 0.347 e. The maximum Gasteiger partial charge on any atom is 0.244 e. The number of hydrazone groups is 1. The number of amides is 1. The predicted molar refractivity (Wildman–Crippen MR) is 98.3 cm³/mol. The molecule has 1 amide bonds. The van der Waals surface area contributed by atoms with Crippen LogP contribution in [0.5, 0.6) is 0 Å². The van der Waals surface area contributed by atoms with E-state index in [9.17, 15) is 4.79 Å². The standard InChI is InChI=1S/C20H21N3O/c1-14-8-10-16(11-9-14)12-20(24)22-21-13-18-15(2)23(3)19-7-5-4-6-17(18)19/h4-11,13H,12H2,1-3H3,(H,22,24)/b21-13-. The lowest BCUT2D eigenvalue weighted by molar-refractivity contribution is -0.120. The van der Waals surface area contributed by atoms with Crippen molar-refractivity contribution in [2.45, 2.75) is 20.3 Å². The molecule has 0 aliphatic rings. The van der Waals surface area contributed by atoms with E-state index in [0.717, 1.165) is 27.7 Å². The van der Waals surface area contributed by atoms with E-state index in [0.29, 0.717) is 6.42 Å². The van der Waals surface area contributed by atoms with E-state index in [1.807, 2.05) is 50.4 Å². The fraction of sp³-hybridized carbons (Fsp3) is 0.200. The molecule has 0 aliphatic heterocycles. The van der Waals surface area contributed by atoms with Crippen LogP contribution in [0.15, 0.2) is 53.6 Å². The maximum absolute atomic E-state index is 12.0. The average Bonchev–Trinajstić information content (AvgIpc) is 2.82. The van der Waals surface area contributed by atoms with Gasteiger partial charge in [-0.1, -0.05) is 48.0 Å². The van der Waals surface area contributed by atoms with Crippen LogP contribution >= 0.6 is 0 Å². The molecule has 4 heteroatoms. The highest BCUT2D eigenvalue weighted by atomic mass is 16.2. The number of aromatic nitrogens is 1. The summed E-state index contributed by atoms with van der Waals surface area (Å²) in [5.74, 6) is -0.118. The van der Waals surface area contributed by atoms with Crippen LogP contribution in [0.2, 0.25) is 0 Å². The third-order valence-corrected chi connectivity index (χ3v) is 4.32. The molecule has 0 spiro atoms. The van der Waals surface area contributed by atoms with Gasteiger partial charge in [0.05, 0.1) is 12.6 Å². The first-order valence-corrected chi connectivity index (χ1v) is 7.97. The molecule has 1 aromatic heterocycles. The van der Waals surface area contributed by atoms with E-state index < -0.39 is 0 Å². The van der Waals surface area contributed by atoms with Crippen LogP contribution in [0.25, 0.3) is 10.9 Å². The number of carbonyl (C=O) groups is 1. The van der Waals surface area contributed by atoms with Crippen molar-refractivity contribution in [3.63, 3.8) is 0 Å². The van der Waals surface area contributed by atoms with Gasteiger partial charge in [-0.15, -0.1) is 0 Å². The van der Waals surface area contributed by atoms with Crippen molar-refractivity contribution in [3.8, 4) is 0 Å². The molecular formula is C20H21N3O. The number of para-hydroxylation sites is 1. The topological polar surface area (TPSA) is 46.4 Å². The molecule has 0 fully saturated rings. The van der Waals surface area contributed by atoms with Gasteiger partial charge in [0.25, 0.3) is 0 Å². The highest BCUT2D eigenvalue weighted by Gasteiger charge is 2.09. The zero-order valence-corrected chi connectivity index (χ0v) is 14.2. The Labute approximate surface area is 141 Å². The maximum atomic E-state index is 12.0. The summed E-state index contributed by atoms with van der Waals surface area (Å²) in [5, 5.41) is 5.28. The number of hydrogen-bond acceptors (Lipinski definition) is 2. The molecule has 24 heavy (non-hydrogen) atoms. The predicted octanol–water partition coefficient (Wildman–Crippen LogP) is 3.49. The second-order valence-electron chi connectivity index (χ2n) is 6.03. The number of hydrogen-bond donors (Lipinski definition) is 1. The molecule has 3 aromatic rings. The van der Waals surface area contributed by atoms with Gasteiger partial charge >= 0.3 is 0 Å². The molecule has 0 saturated carbocycles. The normalized spacial score (nSPS) is 11.3. The van der Waals surface area contributed by atoms with E-state index in [1.165, 1.54) is 5.56 Å². The summed E-state index contributed by atoms with van der Waals surface area (Å²) in [5.41, 5.74) is 8.09. The molecular weight excluding hydrogens is 298 g/mol. The monoisotopic (exact) mass is 319 g/mol. The van der Waals surface area contributed by atoms with Gasteiger partial charge in [0.1, 0.15) is 0 Å². The summed E-state index contributed by atoms with van der Waals surface area (Å²) in [6, 6.07) is 16.1. The SMILES string of the molecule is Cc1ccc(CC(=O)N/N=C\c2c(C)n(C)c3ccccc23)cc1. The zero-order chi connectivity index (χ0) is 17.1. The highest BCUT2D eigenvalue weighted by molar-refractivity contribution is 6.01. The molecule has 4 nitrogen and oxygen atoms in total. The fourth-order valence-corrected chi connectivity index (χ4v) is 2.81. The van der Waals surface area contributed by atoms with Crippen LogP contribution in [0.1, 0.15) is 22.4 Å². The van der Waals surface area contributed by atoms with Gasteiger partial charge in [0.2, 0.25) is 5.91 Å². The molecule has 122 valence electrons. The summed E-state index contributed by atoms with van der Waals surface area (Å²) in [7, 11) is 2.03. The first-order valence-electron chi connectivity index (χ1n) is 7.97. The van der Waals surface area contributed by atoms with Crippen LogP contribution in [0.3, 0.4) is 0 Å². The summed E-state index contributed by atoms with van der Waals surface area (Å²) in [6.07, 6.45) is 2.05. The molecule has 1 N–H and O–H groups in total. The zero-order valence-electron chi connectivity index (χ0n) is 14.2. The Morgan fingerprint density at radius 1 is 1.12 bits per heavy atom. The minimum Gasteiger partial charge on any atom is -0.347 e. The first kappa shape index (κ1) is 16.0. The van der Waals surface area contributed by atoms with E-state index >= 15 is 0 Å². The van der Waals surface area contributed by atoms with Gasteiger partial charge in [0, 0.05) is 29.2 Å². The lowest BCUT2D eigenvalue weighted by Crippen LogP contribution is -2.19. The minimum absolute atomic E-state index is 0.118. The Morgan fingerprint density at radius 2 is 1.83 bits per heavy atom. The number of nitrogens with zero attached hydrogens (tertiary/aromatic N) is 2. The highest BCUT2D eigenvalue weighted by Crippen LogP contribution is 2.22. The van der Waals surface area contributed by atoms with Crippen LogP contribution in [0, 0.1) is 13.8 Å². The van der Waals surface area contributed by atoms with Gasteiger partial charge in [-0.2, -0.15) is 5.10 Å². The van der Waals surface area contributed by atoms with Crippen LogP contribution in [0.4, 0.5) is 0 Å². The number of nitrogens with one attached hydrogen (secondary N) is 1. The molecule has 1 heterocycles. The Hall–Kier alpha value is -2.88. The molecule has 0 bridgehead atoms. The fourth-order valence-electron chi connectivity index (χ4n) is 2.81. The van der Waals surface area contributed by atoms with Crippen molar-refractivity contribution in [3.05, 3.63) is 70.9 Å². The Morgan fingerprint density at radius 3 is 2.58 bits per heavy atom. The lowest BCUT2D eigenvalue weighted by Gasteiger charge is -2.01. The van der Waals surface area contributed by atoms with E-state index in [4.69, 9.17) is 0 Å². The molecule has 2 aromatic carbocycles. The number of rotatable bonds is 4. The van der Waals surface area contributed by atoms with Crippen LogP contribution < -0.4 is 5.43 Å². The van der Waals surface area contributed by atoms with Crippen molar-refractivity contribution < 1.29 is 4.79 Å². The van der Waals surface area contributed by atoms with Crippen molar-refractivity contribution in [2.75, 3.05) is 0 Å². The van der Waals surface area contributed by atoms with Crippen molar-refractivity contribution >= 4 is 23.0 Å². The molecule has 0 atom stereocenters. The quantitative estimate of drug-likeness (QED) is 0.581. The third-order valence-electron chi connectivity index (χ3n) is 4.32. The Kier molecular flexibility index (Phi) is 4.47. The van der Waals surface area contributed by atoms with Crippen LogP contribution in [-0.2, 0) is 18.3 Å². The first-order chi connectivity index (χ1) is 11.6. The number of benzene rings is 2. The van der Waals surface area contributed by atoms with Gasteiger partial charge in [-0.3, -0.25) is 4.79 Å². The van der Waals surface area contributed by atoms with E-state index in [2.05, 4.69) is 34.2 Å². The van der Waals surface area contributed by atoms with Gasteiger partial charge < -0.3 is 4.57 Å². The van der Waals surface area contributed by atoms with Crippen molar-refractivity contribution in [1.82, 2.24) is 9.99 Å². The van der Waals surface area contributed by atoms with Gasteiger partial charge in [-0.25, -0.2) is 5.43 Å². The summed E-state index contributed by atoms with van der Waals surface area (Å²) in [4.78, 5) is 12.0. The Bertz CT molecular complexity index is 905. The molecule has 3 rings (SSSR count). The third kappa shape index (κ3) is 3.23. The molecule has 0 unspecified atom stereocenters. The van der Waals surface area contributed by atoms with E-state index in [1.54, 1.807) is 6.21 Å². The summed E-state index contributed by atoms with van der Waals surface area (Å²) < 4.78 is 2.13. The summed E-state index contributed by atoms with van der Waals surface area (Å²) >= 11 is 0. The summed E-state index contributed by atoms with van der Waals surface area (Å²) in [6.45, 7) is 4.08. The molecule has 0 saturated heterocycles. The Balaban J connectivity index is 1.71. The smallest absolute Gasteiger partial charge is 0.244 e. The average molecular weight is 319 g/mol. The van der Waals surface area contributed by atoms with Crippen molar-refractivity contribution in [2.24, 2.45) is 12.1 Å². The number of carbonyl (C=O) groups excluding carboxylic acids is 1.